The average Bonchev–Trinajstić information content (AvgIpc) is 2.17. The maximum atomic E-state index is 13.0. The molecule has 0 saturated heterocycles. The highest BCUT2D eigenvalue weighted by molar-refractivity contribution is 6.70. The first kappa shape index (κ1) is 16.6. The van der Waals surface area contributed by atoms with Crippen LogP contribution in [-0.4, -0.2) is 14.5 Å². The molecule has 2 nitrogen and oxygen atoms in total. The number of benzene rings is 1. The number of hydrogen-bond acceptors (Lipinski definition) is 2. The van der Waals surface area contributed by atoms with Gasteiger partial charge in [-0.05, 0) is 56.4 Å². The van der Waals surface area contributed by atoms with Crippen LogP contribution in [0.2, 0.25) is 19.6 Å². The van der Waals surface area contributed by atoms with Crippen LogP contribution < -0.4 is 0 Å². The summed E-state index contributed by atoms with van der Waals surface area (Å²) < 4.78 is 18.6. The SMILES string of the molecule is C.C=C(N=Cc1cc(F)ccc1C)O[Si](C)(C)C. The van der Waals surface area contributed by atoms with Crippen molar-refractivity contribution in [2.45, 2.75) is 34.0 Å². The van der Waals surface area contributed by atoms with Crippen LogP contribution in [-0.2, 0) is 4.43 Å². The van der Waals surface area contributed by atoms with E-state index in [1.807, 2.05) is 6.92 Å². The van der Waals surface area contributed by atoms with Gasteiger partial charge in [0.2, 0.25) is 8.32 Å². The summed E-state index contributed by atoms with van der Waals surface area (Å²) in [6.45, 7) is 11.8. The second kappa shape index (κ2) is 6.49. The van der Waals surface area contributed by atoms with Gasteiger partial charge in [-0.25, -0.2) is 9.38 Å². The number of halogens is 1. The number of rotatable bonds is 4. The normalized spacial score (nSPS) is 11.2. The summed E-state index contributed by atoms with van der Waals surface area (Å²) >= 11 is 0. The minimum atomic E-state index is -1.67. The third-order valence-corrected chi connectivity index (χ3v) is 2.86. The quantitative estimate of drug-likeness (QED) is 0.447. The van der Waals surface area contributed by atoms with Crippen molar-refractivity contribution in [3.8, 4) is 0 Å². The maximum Gasteiger partial charge on any atom is 0.244 e. The summed E-state index contributed by atoms with van der Waals surface area (Å²) in [5.74, 6) is 0.113. The van der Waals surface area contributed by atoms with Gasteiger partial charge in [-0.15, -0.1) is 0 Å². The fraction of sp³-hybridized carbons (Fsp3) is 0.357. The molecule has 0 N–H and O–H groups in total. The predicted molar refractivity (Wildman–Crippen MR) is 79.0 cm³/mol. The van der Waals surface area contributed by atoms with Crippen LogP contribution >= 0.6 is 0 Å². The van der Waals surface area contributed by atoms with Gasteiger partial charge in [0.05, 0.1) is 0 Å². The van der Waals surface area contributed by atoms with Crippen LogP contribution in [0.5, 0.6) is 0 Å². The van der Waals surface area contributed by atoms with Crippen molar-refractivity contribution in [3.05, 3.63) is 47.6 Å². The van der Waals surface area contributed by atoms with Gasteiger partial charge in [0.15, 0.2) is 5.88 Å². The van der Waals surface area contributed by atoms with Crippen molar-refractivity contribution >= 4 is 14.5 Å². The van der Waals surface area contributed by atoms with Gasteiger partial charge in [-0.3, -0.25) is 0 Å². The molecule has 0 saturated carbocycles. The Morgan fingerprint density at radius 2 is 2.00 bits per heavy atom. The number of aliphatic imine (C=N–C) groups is 1. The molecule has 0 amide bonds. The largest absolute Gasteiger partial charge is 0.532 e. The van der Waals surface area contributed by atoms with E-state index >= 15 is 0 Å². The lowest BCUT2D eigenvalue weighted by Gasteiger charge is -2.18. The van der Waals surface area contributed by atoms with E-state index in [0.29, 0.717) is 5.88 Å². The van der Waals surface area contributed by atoms with Crippen LogP contribution in [0.25, 0.3) is 0 Å². The molecule has 0 atom stereocenters. The minimum absolute atomic E-state index is 0. The standard InChI is InChI=1S/C13H18FNOSi.CH4/c1-10-6-7-13(14)8-12(10)9-15-11(2)16-17(3,4)5;/h6-9H,2H2,1,3-5H3;1H4. The van der Waals surface area contributed by atoms with Crippen LogP contribution in [0.15, 0.2) is 35.7 Å². The summed E-state index contributed by atoms with van der Waals surface area (Å²) in [7, 11) is -1.67. The molecule has 100 valence electrons. The summed E-state index contributed by atoms with van der Waals surface area (Å²) in [5, 5.41) is 0. The van der Waals surface area contributed by atoms with Crippen molar-refractivity contribution in [3.63, 3.8) is 0 Å². The Kier molecular flexibility index (Phi) is 5.98. The monoisotopic (exact) mass is 267 g/mol. The molecule has 0 heterocycles. The summed E-state index contributed by atoms with van der Waals surface area (Å²) in [6.07, 6.45) is 1.58. The zero-order chi connectivity index (χ0) is 13.1. The average molecular weight is 267 g/mol. The first-order valence-corrected chi connectivity index (χ1v) is 8.87. The van der Waals surface area contributed by atoms with Crippen molar-refractivity contribution in [1.29, 1.82) is 0 Å². The summed E-state index contributed by atoms with van der Waals surface area (Å²) in [4.78, 5) is 4.11. The van der Waals surface area contributed by atoms with Gasteiger partial charge in [0.25, 0.3) is 0 Å². The zero-order valence-corrected chi connectivity index (χ0v) is 11.7. The van der Waals surface area contributed by atoms with E-state index < -0.39 is 8.32 Å². The molecule has 0 aliphatic heterocycles. The lowest BCUT2D eigenvalue weighted by Crippen LogP contribution is -2.24. The molecule has 18 heavy (non-hydrogen) atoms. The van der Waals surface area contributed by atoms with Crippen molar-refractivity contribution in [2.24, 2.45) is 4.99 Å². The smallest absolute Gasteiger partial charge is 0.244 e. The molecule has 0 bridgehead atoms. The highest BCUT2D eigenvalue weighted by atomic mass is 28.4. The summed E-state index contributed by atoms with van der Waals surface area (Å²) in [5.41, 5.74) is 1.71. The Morgan fingerprint density at radius 3 is 2.56 bits per heavy atom. The molecule has 0 unspecified atom stereocenters. The molecular weight excluding hydrogens is 245 g/mol. The molecule has 4 heteroatoms. The van der Waals surface area contributed by atoms with E-state index in [1.54, 1.807) is 12.3 Å². The first-order valence-electron chi connectivity index (χ1n) is 5.46. The van der Waals surface area contributed by atoms with E-state index in [-0.39, 0.29) is 13.2 Å². The Morgan fingerprint density at radius 1 is 1.39 bits per heavy atom. The number of hydrogen-bond donors (Lipinski definition) is 0. The van der Waals surface area contributed by atoms with Crippen molar-refractivity contribution < 1.29 is 8.82 Å². The van der Waals surface area contributed by atoms with Crippen molar-refractivity contribution in [1.82, 2.24) is 0 Å². The summed E-state index contributed by atoms with van der Waals surface area (Å²) in [6, 6.07) is 4.60. The van der Waals surface area contributed by atoms with Gasteiger partial charge in [0, 0.05) is 6.21 Å². The third kappa shape index (κ3) is 5.77. The Labute approximate surface area is 110 Å². The molecule has 1 rings (SSSR count). The van der Waals surface area contributed by atoms with E-state index in [9.17, 15) is 4.39 Å². The van der Waals surface area contributed by atoms with Gasteiger partial charge in [-0.2, -0.15) is 0 Å². The predicted octanol–water partition coefficient (Wildman–Crippen LogP) is 4.51. The molecule has 0 aliphatic rings. The van der Waals surface area contributed by atoms with Crippen LogP contribution in [0, 0.1) is 12.7 Å². The van der Waals surface area contributed by atoms with Crippen LogP contribution in [0.1, 0.15) is 18.6 Å². The van der Waals surface area contributed by atoms with Gasteiger partial charge in [-0.1, -0.05) is 13.5 Å². The van der Waals surface area contributed by atoms with E-state index in [4.69, 9.17) is 4.43 Å². The lowest BCUT2D eigenvalue weighted by molar-refractivity contribution is 0.421. The number of nitrogens with zero attached hydrogens (tertiary/aromatic N) is 1. The Bertz CT molecular complexity index is 450. The Balaban J connectivity index is 0.00000289. The first-order chi connectivity index (χ1) is 7.78. The topological polar surface area (TPSA) is 21.6 Å². The second-order valence-electron chi connectivity index (χ2n) is 4.87. The molecule has 0 fully saturated rings. The highest BCUT2D eigenvalue weighted by Gasteiger charge is 2.16. The molecule has 1 aromatic carbocycles. The lowest BCUT2D eigenvalue weighted by atomic mass is 10.1. The van der Waals surface area contributed by atoms with Gasteiger partial charge >= 0.3 is 0 Å². The van der Waals surface area contributed by atoms with E-state index in [1.165, 1.54) is 12.1 Å². The van der Waals surface area contributed by atoms with Crippen LogP contribution in [0.3, 0.4) is 0 Å². The van der Waals surface area contributed by atoms with Gasteiger partial charge < -0.3 is 4.43 Å². The van der Waals surface area contributed by atoms with E-state index in [2.05, 4.69) is 31.2 Å². The van der Waals surface area contributed by atoms with Crippen LogP contribution in [0.4, 0.5) is 4.39 Å². The zero-order valence-electron chi connectivity index (χ0n) is 10.7. The molecule has 0 aromatic heterocycles. The van der Waals surface area contributed by atoms with E-state index in [0.717, 1.165) is 11.1 Å². The fourth-order valence-corrected chi connectivity index (χ4v) is 2.03. The molecule has 0 aliphatic carbocycles. The molecule has 0 radical (unpaired) electrons. The maximum absolute atomic E-state index is 13.0. The van der Waals surface area contributed by atoms with Crippen molar-refractivity contribution in [2.75, 3.05) is 0 Å². The van der Waals surface area contributed by atoms with Gasteiger partial charge in [0.1, 0.15) is 5.82 Å². The Hall–Kier alpha value is -1.42. The minimum Gasteiger partial charge on any atom is -0.532 e. The second-order valence-corrected chi connectivity index (χ2v) is 9.30. The third-order valence-electron chi connectivity index (χ3n) is 2.01. The number of aryl methyl sites for hydroxylation is 1. The molecule has 0 spiro atoms. The fourth-order valence-electron chi connectivity index (χ4n) is 1.27. The molecule has 1 aromatic rings. The highest BCUT2D eigenvalue weighted by Crippen LogP contribution is 2.11. The molecular formula is C14H22FNOSi.